The lowest BCUT2D eigenvalue weighted by Gasteiger charge is -2.19. The summed E-state index contributed by atoms with van der Waals surface area (Å²) in [5.74, 6) is 2.48. The number of nitrogens with one attached hydrogen (secondary N) is 1. The molecule has 5 nitrogen and oxygen atoms in total. The fraction of sp³-hybridized carbons (Fsp3) is 0.263. The largest absolute Gasteiger partial charge is 1.00 e. The molecule has 0 bridgehead atoms. The van der Waals surface area contributed by atoms with E-state index in [1.807, 2.05) is 42.5 Å². The van der Waals surface area contributed by atoms with Crippen molar-refractivity contribution in [2.45, 2.75) is 12.8 Å². The molecule has 4 rings (SSSR count). The number of nitrogens with zero attached hydrogens (tertiary/aromatic N) is 3. The van der Waals surface area contributed by atoms with Crippen molar-refractivity contribution in [3.8, 4) is 5.75 Å². The fourth-order valence-corrected chi connectivity index (χ4v) is 3.09. The van der Waals surface area contributed by atoms with Gasteiger partial charge in [0.25, 0.3) is 0 Å². The molecule has 130 valence electrons. The average molecular weight is 357 g/mol. The van der Waals surface area contributed by atoms with Crippen LogP contribution in [0.4, 0.5) is 17.5 Å². The summed E-state index contributed by atoms with van der Waals surface area (Å²) < 4.78 is 5.20. The van der Waals surface area contributed by atoms with Crippen LogP contribution in [0.2, 0.25) is 0 Å². The SMILES string of the molecule is COc1ccc(Nc2nc(N3CCCC3)c3ccccc3n2)cc1.[Cl-].[H+]. The van der Waals surface area contributed by atoms with Crippen molar-refractivity contribution in [3.63, 3.8) is 0 Å². The summed E-state index contributed by atoms with van der Waals surface area (Å²) in [6.07, 6.45) is 2.44. The highest BCUT2D eigenvalue weighted by atomic mass is 35.5. The zero-order valence-corrected chi connectivity index (χ0v) is 14.8. The van der Waals surface area contributed by atoms with Crippen molar-refractivity contribution in [3.05, 3.63) is 48.5 Å². The predicted octanol–water partition coefficient (Wildman–Crippen LogP) is 1.10. The highest BCUT2D eigenvalue weighted by Crippen LogP contribution is 2.29. The number of methoxy groups -OCH3 is 1. The van der Waals surface area contributed by atoms with Crippen LogP contribution in [0.15, 0.2) is 48.5 Å². The maximum absolute atomic E-state index is 5.20. The molecule has 0 amide bonds. The minimum Gasteiger partial charge on any atom is -1.00 e. The third-order valence-electron chi connectivity index (χ3n) is 4.33. The van der Waals surface area contributed by atoms with Gasteiger partial charge in [-0.25, -0.2) is 4.98 Å². The second-order valence-electron chi connectivity index (χ2n) is 5.94. The first-order valence-electron chi connectivity index (χ1n) is 8.26. The Labute approximate surface area is 154 Å². The molecule has 2 aromatic carbocycles. The predicted molar refractivity (Wildman–Crippen MR) is 98.4 cm³/mol. The number of ether oxygens (including phenoxy) is 1. The second kappa shape index (κ2) is 7.57. The third kappa shape index (κ3) is 3.61. The molecule has 1 aliphatic rings. The first-order chi connectivity index (χ1) is 11.8. The van der Waals surface area contributed by atoms with E-state index in [4.69, 9.17) is 9.72 Å². The van der Waals surface area contributed by atoms with Crippen LogP contribution in [-0.4, -0.2) is 30.2 Å². The molecule has 0 radical (unpaired) electrons. The highest BCUT2D eigenvalue weighted by Gasteiger charge is 2.18. The summed E-state index contributed by atoms with van der Waals surface area (Å²) in [7, 11) is 1.66. The van der Waals surface area contributed by atoms with Gasteiger partial charge in [0.05, 0.1) is 12.6 Å². The maximum Gasteiger partial charge on any atom is 1.00 e. The second-order valence-corrected chi connectivity index (χ2v) is 5.94. The molecule has 2 heterocycles. The zero-order valence-electron chi connectivity index (χ0n) is 15.1. The van der Waals surface area contributed by atoms with Gasteiger partial charge >= 0.3 is 1.43 Å². The highest BCUT2D eigenvalue weighted by molar-refractivity contribution is 5.90. The quantitative estimate of drug-likeness (QED) is 0.758. The van der Waals surface area contributed by atoms with Crippen molar-refractivity contribution in [2.24, 2.45) is 0 Å². The summed E-state index contributed by atoms with van der Waals surface area (Å²) >= 11 is 0. The molecule has 3 aromatic rings. The lowest BCUT2D eigenvalue weighted by molar-refractivity contribution is -0.00000523. The van der Waals surface area contributed by atoms with Crippen molar-refractivity contribution < 1.29 is 18.6 Å². The van der Waals surface area contributed by atoms with E-state index in [2.05, 4.69) is 21.3 Å². The number of hydrogen-bond donors (Lipinski definition) is 1. The van der Waals surface area contributed by atoms with E-state index in [0.717, 1.165) is 41.2 Å². The average Bonchev–Trinajstić information content (AvgIpc) is 3.16. The first-order valence-corrected chi connectivity index (χ1v) is 8.26. The van der Waals surface area contributed by atoms with Gasteiger partial charge in [0.15, 0.2) is 0 Å². The molecule has 0 saturated carbocycles. The van der Waals surface area contributed by atoms with Gasteiger partial charge in [-0.3, -0.25) is 0 Å². The van der Waals surface area contributed by atoms with Crippen LogP contribution >= 0.6 is 0 Å². The lowest BCUT2D eigenvalue weighted by atomic mass is 10.2. The molecule has 1 N–H and O–H groups in total. The molecule has 25 heavy (non-hydrogen) atoms. The molecule has 0 unspecified atom stereocenters. The Morgan fingerprint density at radius 2 is 1.72 bits per heavy atom. The van der Waals surface area contributed by atoms with Gasteiger partial charge in [-0.15, -0.1) is 0 Å². The lowest BCUT2D eigenvalue weighted by Crippen LogP contribution is -3.00. The molecule has 1 saturated heterocycles. The van der Waals surface area contributed by atoms with Crippen LogP contribution in [0.3, 0.4) is 0 Å². The van der Waals surface area contributed by atoms with E-state index in [0.29, 0.717) is 5.95 Å². The van der Waals surface area contributed by atoms with Crippen LogP contribution in [-0.2, 0) is 0 Å². The number of benzene rings is 2. The topological polar surface area (TPSA) is 50.3 Å². The standard InChI is InChI=1S/C19H20N4O.ClH/c1-24-15-10-8-14(9-11-15)20-19-21-17-7-3-2-6-16(17)18(22-19)23-12-4-5-13-23;/h2-3,6-11H,4-5,12-13H2,1H3,(H,20,21,22);1H. The number of halogens is 1. The van der Waals surface area contributed by atoms with Crippen LogP contribution < -0.4 is 27.4 Å². The van der Waals surface area contributed by atoms with Crippen molar-refractivity contribution in [1.29, 1.82) is 0 Å². The van der Waals surface area contributed by atoms with Gasteiger partial charge in [-0.1, -0.05) is 12.1 Å². The Morgan fingerprint density at radius 1 is 1.00 bits per heavy atom. The Morgan fingerprint density at radius 3 is 2.44 bits per heavy atom. The van der Waals surface area contributed by atoms with Crippen LogP contribution in [0.25, 0.3) is 10.9 Å². The molecule has 1 fully saturated rings. The van der Waals surface area contributed by atoms with Gasteiger partial charge in [0, 0.05) is 24.2 Å². The Hall–Kier alpha value is -2.53. The maximum atomic E-state index is 5.20. The third-order valence-corrected chi connectivity index (χ3v) is 4.33. The van der Waals surface area contributed by atoms with E-state index < -0.39 is 0 Å². The van der Waals surface area contributed by atoms with E-state index >= 15 is 0 Å². The Balaban J connectivity index is 0.00000121. The van der Waals surface area contributed by atoms with Gasteiger partial charge in [0.2, 0.25) is 5.95 Å². The smallest absolute Gasteiger partial charge is 1.00 e. The van der Waals surface area contributed by atoms with Crippen molar-refractivity contribution >= 4 is 28.4 Å². The molecule has 0 atom stereocenters. The molecular weight excluding hydrogens is 336 g/mol. The first kappa shape index (κ1) is 17.3. The van der Waals surface area contributed by atoms with Crippen molar-refractivity contribution in [1.82, 2.24) is 9.97 Å². The number of hydrogen-bond acceptors (Lipinski definition) is 5. The van der Waals surface area contributed by atoms with Gasteiger partial charge in [0.1, 0.15) is 11.6 Å². The fourth-order valence-electron chi connectivity index (χ4n) is 3.09. The summed E-state index contributed by atoms with van der Waals surface area (Å²) in [4.78, 5) is 11.8. The normalized spacial score (nSPS) is 13.6. The van der Waals surface area contributed by atoms with Crippen molar-refractivity contribution in [2.75, 3.05) is 30.4 Å². The van der Waals surface area contributed by atoms with Gasteiger partial charge in [-0.2, -0.15) is 4.98 Å². The summed E-state index contributed by atoms with van der Waals surface area (Å²) in [6.45, 7) is 2.12. The van der Waals surface area contributed by atoms with E-state index in [-0.39, 0.29) is 13.8 Å². The molecule has 1 aliphatic heterocycles. The number of para-hydroxylation sites is 1. The molecule has 1 aromatic heterocycles. The van der Waals surface area contributed by atoms with E-state index in [1.165, 1.54) is 12.8 Å². The summed E-state index contributed by atoms with van der Waals surface area (Å²) in [5, 5.41) is 4.42. The number of anilines is 3. The number of fused-ring (bicyclic) bond motifs is 1. The van der Waals surface area contributed by atoms with Crippen LogP contribution in [0, 0.1) is 0 Å². The van der Waals surface area contributed by atoms with E-state index in [9.17, 15) is 0 Å². The molecule has 6 heteroatoms. The van der Waals surface area contributed by atoms with Crippen LogP contribution in [0.1, 0.15) is 14.3 Å². The Kier molecular flexibility index (Phi) is 5.24. The molecular formula is C19H21ClN4O. The summed E-state index contributed by atoms with van der Waals surface area (Å²) in [5.41, 5.74) is 1.91. The number of aromatic nitrogens is 2. The zero-order chi connectivity index (χ0) is 16.4. The monoisotopic (exact) mass is 356 g/mol. The van der Waals surface area contributed by atoms with Crippen LogP contribution in [0.5, 0.6) is 5.75 Å². The minimum absolute atomic E-state index is 0. The minimum atomic E-state index is 0. The molecule has 0 aliphatic carbocycles. The molecule has 0 spiro atoms. The summed E-state index contributed by atoms with van der Waals surface area (Å²) in [6, 6.07) is 16.0. The van der Waals surface area contributed by atoms with Gasteiger partial charge in [-0.05, 0) is 49.2 Å². The Bertz CT molecular complexity index is 854. The number of rotatable bonds is 4. The van der Waals surface area contributed by atoms with Gasteiger partial charge < -0.3 is 27.4 Å². The van der Waals surface area contributed by atoms with E-state index in [1.54, 1.807) is 7.11 Å².